The summed E-state index contributed by atoms with van der Waals surface area (Å²) >= 11 is 1.42. The number of aromatic nitrogens is 1. The molecule has 1 saturated carbocycles. The average molecular weight is 332 g/mol. The number of nitrogens with zero attached hydrogens (tertiary/aromatic N) is 1. The molecule has 0 atom stereocenters. The number of hydrogen-bond donors (Lipinski definition) is 2. The quantitative estimate of drug-likeness (QED) is 0.900. The number of nitrogens with two attached hydrogens (primary N) is 1. The van der Waals surface area contributed by atoms with Crippen LogP contribution in [-0.4, -0.2) is 4.98 Å². The van der Waals surface area contributed by atoms with Gasteiger partial charge < -0.3 is 11.1 Å². The third-order valence-electron chi connectivity index (χ3n) is 3.83. The first kappa shape index (κ1) is 16.1. The number of anilines is 1. The Kier molecular flexibility index (Phi) is 4.81. The number of benzene rings is 1. The fraction of sp³-hybridized carbons (Fsp3) is 0.357. The van der Waals surface area contributed by atoms with Crippen molar-refractivity contribution in [3.63, 3.8) is 0 Å². The van der Waals surface area contributed by atoms with E-state index in [4.69, 9.17) is 5.73 Å². The molecule has 1 aliphatic rings. The third kappa shape index (κ3) is 3.17. The Morgan fingerprint density at radius 1 is 1.33 bits per heavy atom. The van der Waals surface area contributed by atoms with Crippen LogP contribution in [0.15, 0.2) is 24.4 Å². The Labute approximate surface area is 132 Å². The molecule has 0 saturated heterocycles. The van der Waals surface area contributed by atoms with Gasteiger partial charge in [-0.2, -0.15) is 0 Å². The molecule has 0 bridgehead atoms. The minimum atomic E-state index is -0.545. The molecular formula is C14H16ClF2N3S. The average Bonchev–Trinajstić information content (AvgIpc) is 2.76. The van der Waals surface area contributed by atoms with E-state index in [9.17, 15) is 8.78 Å². The summed E-state index contributed by atoms with van der Waals surface area (Å²) in [5.41, 5.74) is 5.75. The molecule has 3 nitrogen and oxygen atoms in total. The summed E-state index contributed by atoms with van der Waals surface area (Å²) in [6, 6.07) is 3.80. The molecule has 0 radical (unpaired) electrons. The Morgan fingerprint density at radius 3 is 2.62 bits per heavy atom. The van der Waals surface area contributed by atoms with Crippen LogP contribution in [0.2, 0.25) is 0 Å². The summed E-state index contributed by atoms with van der Waals surface area (Å²) in [6.07, 6.45) is 4.46. The molecule has 0 spiro atoms. The van der Waals surface area contributed by atoms with Gasteiger partial charge in [-0.3, -0.25) is 0 Å². The van der Waals surface area contributed by atoms with E-state index in [1.54, 1.807) is 6.20 Å². The first-order chi connectivity index (χ1) is 9.59. The first-order valence-corrected chi connectivity index (χ1v) is 7.31. The molecule has 3 N–H and O–H groups in total. The van der Waals surface area contributed by atoms with E-state index < -0.39 is 17.2 Å². The van der Waals surface area contributed by atoms with E-state index in [0.717, 1.165) is 30.2 Å². The molecule has 2 aromatic rings. The van der Waals surface area contributed by atoms with E-state index in [1.807, 2.05) is 0 Å². The molecule has 1 aromatic carbocycles. The second-order valence-corrected chi connectivity index (χ2v) is 6.22. The molecule has 1 heterocycles. The lowest BCUT2D eigenvalue weighted by Crippen LogP contribution is -2.48. The van der Waals surface area contributed by atoms with Crippen molar-refractivity contribution in [3.8, 4) is 0 Å². The number of nitrogens with one attached hydrogen (secondary N) is 1. The van der Waals surface area contributed by atoms with E-state index >= 15 is 0 Å². The molecular weight excluding hydrogens is 316 g/mol. The van der Waals surface area contributed by atoms with Crippen molar-refractivity contribution in [2.45, 2.75) is 31.3 Å². The zero-order chi connectivity index (χ0) is 14.2. The monoisotopic (exact) mass is 331 g/mol. The van der Waals surface area contributed by atoms with Crippen LogP contribution in [0.5, 0.6) is 0 Å². The van der Waals surface area contributed by atoms with Crippen LogP contribution >= 0.6 is 23.7 Å². The van der Waals surface area contributed by atoms with Gasteiger partial charge in [0.05, 0.1) is 0 Å². The minimum Gasteiger partial charge on any atom is -0.375 e. The Morgan fingerprint density at radius 2 is 2.10 bits per heavy atom. The number of nitrogen functional groups attached to an aromatic ring is 1. The second kappa shape index (κ2) is 6.25. The van der Waals surface area contributed by atoms with Crippen molar-refractivity contribution in [1.29, 1.82) is 0 Å². The fourth-order valence-corrected chi connectivity index (χ4v) is 3.23. The maximum Gasteiger partial charge on any atom is 0.180 e. The van der Waals surface area contributed by atoms with Crippen molar-refractivity contribution in [2.75, 3.05) is 5.73 Å². The Hall–Kier alpha value is -1.24. The van der Waals surface area contributed by atoms with Crippen molar-refractivity contribution >= 4 is 28.9 Å². The molecule has 1 aromatic heterocycles. The number of halogens is 3. The van der Waals surface area contributed by atoms with Crippen LogP contribution in [0.3, 0.4) is 0 Å². The number of thiazole rings is 1. The summed E-state index contributed by atoms with van der Waals surface area (Å²) in [5.74, 6) is -1.03. The zero-order valence-corrected chi connectivity index (χ0v) is 12.9. The van der Waals surface area contributed by atoms with Crippen LogP contribution in [0.25, 0.3) is 0 Å². The maximum absolute atomic E-state index is 14.0. The predicted octanol–water partition coefficient (Wildman–Crippen LogP) is 3.59. The van der Waals surface area contributed by atoms with Crippen LogP contribution in [-0.2, 0) is 12.1 Å². The van der Waals surface area contributed by atoms with Gasteiger partial charge in [-0.25, -0.2) is 13.8 Å². The van der Waals surface area contributed by atoms with Gasteiger partial charge in [-0.15, -0.1) is 23.7 Å². The maximum atomic E-state index is 14.0. The molecule has 7 heteroatoms. The van der Waals surface area contributed by atoms with E-state index in [-0.39, 0.29) is 12.4 Å². The summed E-state index contributed by atoms with van der Waals surface area (Å²) in [5, 5.41) is 3.92. The molecule has 21 heavy (non-hydrogen) atoms. The predicted molar refractivity (Wildman–Crippen MR) is 82.5 cm³/mol. The van der Waals surface area contributed by atoms with Gasteiger partial charge in [0.15, 0.2) is 5.13 Å². The summed E-state index contributed by atoms with van der Waals surface area (Å²) < 4.78 is 27.0. The van der Waals surface area contributed by atoms with Gasteiger partial charge >= 0.3 is 0 Å². The van der Waals surface area contributed by atoms with Gasteiger partial charge in [-0.1, -0.05) is 6.07 Å². The molecule has 3 rings (SSSR count). The van der Waals surface area contributed by atoms with Crippen molar-refractivity contribution in [3.05, 3.63) is 46.5 Å². The molecule has 1 aliphatic carbocycles. The number of rotatable bonds is 4. The Bertz CT molecular complexity index is 628. The molecule has 1 fully saturated rings. The first-order valence-electron chi connectivity index (χ1n) is 6.50. The van der Waals surface area contributed by atoms with Gasteiger partial charge in [0.25, 0.3) is 0 Å². The zero-order valence-electron chi connectivity index (χ0n) is 11.2. The smallest absolute Gasteiger partial charge is 0.180 e. The lowest BCUT2D eigenvalue weighted by atomic mass is 9.71. The summed E-state index contributed by atoms with van der Waals surface area (Å²) in [7, 11) is 0. The van der Waals surface area contributed by atoms with E-state index in [1.165, 1.54) is 23.5 Å². The SMILES string of the molecule is Cl.Nc1ncc(CNC2(c3ccc(F)cc3F)CCC2)s1. The lowest BCUT2D eigenvalue weighted by molar-refractivity contribution is 0.177. The van der Waals surface area contributed by atoms with Crippen LogP contribution in [0.4, 0.5) is 13.9 Å². The van der Waals surface area contributed by atoms with Gasteiger partial charge in [0, 0.05) is 34.8 Å². The van der Waals surface area contributed by atoms with Crippen molar-refractivity contribution in [1.82, 2.24) is 10.3 Å². The highest BCUT2D eigenvalue weighted by Gasteiger charge is 2.40. The fourth-order valence-electron chi connectivity index (χ4n) is 2.61. The molecule has 0 amide bonds. The van der Waals surface area contributed by atoms with Gasteiger partial charge in [-0.05, 0) is 25.3 Å². The van der Waals surface area contributed by atoms with E-state index in [0.29, 0.717) is 17.2 Å². The normalized spacial score (nSPS) is 16.1. The topological polar surface area (TPSA) is 50.9 Å². The van der Waals surface area contributed by atoms with Gasteiger partial charge in [0.2, 0.25) is 0 Å². The highest BCUT2D eigenvalue weighted by atomic mass is 35.5. The lowest BCUT2D eigenvalue weighted by Gasteiger charge is -2.43. The highest BCUT2D eigenvalue weighted by Crippen LogP contribution is 2.42. The highest BCUT2D eigenvalue weighted by molar-refractivity contribution is 7.15. The van der Waals surface area contributed by atoms with Gasteiger partial charge in [0.1, 0.15) is 11.6 Å². The second-order valence-electron chi connectivity index (χ2n) is 5.08. The summed E-state index contributed by atoms with van der Waals surface area (Å²) in [4.78, 5) is 5.01. The molecule has 0 aliphatic heterocycles. The van der Waals surface area contributed by atoms with Crippen LogP contribution < -0.4 is 11.1 Å². The Balaban J connectivity index is 0.00000161. The largest absolute Gasteiger partial charge is 0.375 e. The third-order valence-corrected chi connectivity index (χ3v) is 4.65. The standard InChI is InChI=1S/C14H15F2N3S.ClH/c15-9-2-3-11(12(16)6-9)14(4-1-5-14)19-8-10-7-18-13(17)20-10;/h2-3,6-7,19H,1,4-5,8H2,(H2,17,18);1H. The van der Waals surface area contributed by atoms with Crippen molar-refractivity contribution in [2.24, 2.45) is 0 Å². The van der Waals surface area contributed by atoms with Crippen LogP contribution in [0, 0.1) is 11.6 Å². The minimum absolute atomic E-state index is 0. The molecule has 0 unspecified atom stereocenters. The van der Waals surface area contributed by atoms with E-state index in [2.05, 4.69) is 10.3 Å². The summed E-state index contributed by atoms with van der Waals surface area (Å²) in [6.45, 7) is 0.589. The molecule has 114 valence electrons. The van der Waals surface area contributed by atoms with Crippen molar-refractivity contribution < 1.29 is 8.78 Å². The van der Waals surface area contributed by atoms with Crippen LogP contribution in [0.1, 0.15) is 29.7 Å². The number of hydrogen-bond acceptors (Lipinski definition) is 4.